The third kappa shape index (κ3) is 6.65. The van der Waals surface area contributed by atoms with Crippen molar-refractivity contribution in [1.29, 1.82) is 0 Å². The number of nitro benzene ring substituents is 1. The number of nitrogens with one attached hydrogen (secondary N) is 2. The molecule has 1 aliphatic rings. The van der Waals surface area contributed by atoms with Crippen molar-refractivity contribution in [3.63, 3.8) is 0 Å². The maximum atomic E-state index is 13.3. The molecule has 0 bridgehead atoms. The van der Waals surface area contributed by atoms with Crippen LogP contribution in [0.5, 0.6) is 5.75 Å². The molecular formula is C28H26N4O7S. The van der Waals surface area contributed by atoms with E-state index in [2.05, 4.69) is 10.6 Å². The zero-order chi connectivity index (χ0) is 28.6. The Morgan fingerprint density at radius 3 is 2.35 bits per heavy atom. The van der Waals surface area contributed by atoms with Gasteiger partial charge in [0.1, 0.15) is 16.4 Å². The molecule has 0 aromatic heterocycles. The number of hydrogen-bond acceptors (Lipinski definition) is 9. The van der Waals surface area contributed by atoms with E-state index in [0.717, 1.165) is 11.8 Å². The number of non-ortho nitro benzene ring substituents is 1. The van der Waals surface area contributed by atoms with Gasteiger partial charge in [0.25, 0.3) is 23.4 Å². The van der Waals surface area contributed by atoms with E-state index in [4.69, 9.17) is 9.47 Å². The summed E-state index contributed by atoms with van der Waals surface area (Å²) in [7, 11) is 3.11. The first kappa shape index (κ1) is 28.3. The van der Waals surface area contributed by atoms with Crippen LogP contribution in [0.4, 0.5) is 17.1 Å². The van der Waals surface area contributed by atoms with Gasteiger partial charge in [-0.15, -0.1) is 0 Å². The first-order valence-electron chi connectivity index (χ1n) is 12.1. The standard InChI is InChI=1S/C28H26N4O7S/c1-38-16-4-15-31-27(34)24(29-19-9-13-22(39-2)14-10-19)25(28(31)35)40-23-6-3-5-20(17-23)30-26(33)18-7-11-21(12-8-18)32(36)37/h3,5-14,17,29H,4,15-16H2,1-2H3,(H,30,33). The number of nitrogens with zero attached hydrogens (tertiary/aromatic N) is 2. The highest BCUT2D eigenvalue weighted by Gasteiger charge is 2.38. The minimum atomic E-state index is -0.539. The number of imide groups is 1. The highest BCUT2D eigenvalue weighted by molar-refractivity contribution is 8.04. The zero-order valence-electron chi connectivity index (χ0n) is 21.7. The first-order valence-corrected chi connectivity index (χ1v) is 13.0. The number of ether oxygens (including phenoxy) is 2. The number of hydrogen-bond donors (Lipinski definition) is 2. The van der Waals surface area contributed by atoms with E-state index in [1.807, 2.05) is 0 Å². The highest BCUT2D eigenvalue weighted by atomic mass is 32.2. The van der Waals surface area contributed by atoms with Gasteiger partial charge in [-0.3, -0.25) is 29.4 Å². The Hall–Kier alpha value is -4.68. The van der Waals surface area contributed by atoms with Crippen LogP contribution < -0.4 is 15.4 Å². The van der Waals surface area contributed by atoms with E-state index >= 15 is 0 Å². The molecule has 1 heterocycles. The van der Waals surface area contributed by atoms with Gasteiger partial charge in [0, 0.05) is 54.2 Å². The number of amides is 3. The Balaban J connectivity index is 1.56. The van der Waals surface area contributed by atoms with Crippen LogP contribution in [-0.4, -0.2) is 54.9 Å². The molecule has 40 heavy (non-hydrogen) atoms. The average Bonchev–Trinajstić information content (AvgIpc) is 3.17. The first-order chi connectivity index (χ1) is 19.3. The third-order valence-corrected chi connectivity index (χ3v) is 6.94. The molecule has 3 amide bonds. The van der Waals surface area contributed by atoms with Crippen LogP contribution in [0, 0.1) is 10.1 Å². The third-order valence-electron chi connectivity index (χ3n) is 5.87. The van der Waals surface area contributed by atoms with Crippen molar-refractivity contribution in [3.05, 3.63) is 99.1 Å². The van der Waals surface area contributed by atoms with Crippen molar-refractivity contribution in [1.82, 2.24) is 4.90 Å². The molecule has 0 spiro atoms. The number of carbonyl (C=O) groups is 3. The minimum Gasteiger partial charge on any atom is -0.497 e. The predicted octanol–water partition coefficient (Wildman–Crippen LogP) is 4.68. The summed E-state index contributed by atoms with van der Waals surface area (Å²) in [6, 6.07) is 19.0. The number of carbonyl (C=O) groups excluding carboxylic acids is 3. The van der Waals surface area contributed by atoms with Crippen LogP contribution in [-0.2, 0) is 14.3 Å². The van der Waals surface area contributed by atoms with E-state index in [-0.39, 0.29) is 28.4 Å². The lowest BCUT2D eigenvalue weighted by molar-refractivity contribution is -0.384. The van der Waals surface area contributed by atoms with Gasteiger partial charge in [0.15, 0.2) is 0 Å². The molecule has 0 saturated heterocycles. The van der Waals surface area contributed by atoms with Crippen LogP contribution >= 0.6 is 11.8 Å². The van der Waals surface area contributed by atoms with E-state index in [1.54, 1.807) is 62.8 Å². The molecule has 1 aliphatic heterocycles. The predicted molar refractivity (Wildman–Crippen MR) is 150 cm³/mol. The summed E-state index contributed by atoms with van der Waals surface area (Å²) in [6.07, 6.45) is 0.492. The smallest absolute Gasteiger partial charge is 0.278 e. The van der Waals surface area contributed by atoms with Gasteiger partial charge in [0.05, 0.1) is 12.0 Å². The summed E-state index contributed by atoms with van der Waals surface area (Å²) < 4.78 is 10.3. The van der Waals surface area contributed by atoms with Crippen molar-refractivity contribution in [2.24, 2.45) is 0 Å². The lowest BCUT2D eigenvalue weighted by atomic mass is 10.2. The minimum absolute atomic E-state index is 0.116. The number of benzene rings is 3. The number of anilines is 2. The lowest BCUT2D eigenvalue weighted by Gasteiger charge is -2.14. The molecule has 3 aromatic carbocycles. The monoisotopic (exact) mass is 562 g/mol. The molecule has 206 valence electrons. The zero-order valence-corrected chi connectivity index (χ0v) is 22.5. The van der Waals surface area contributed by atoms with E-state index in [0.29, 0.717) is 35.0 Å². The fraction of sp³-hybridized carbons (Fsp3) is 0.179. The van der Waals surface area contributed by atoms with E-state index < -0.39 is 22.6 Å². The number of rotatable bonds is 12. The van der Waals surface area contributed by atoms with E-state index in [1.165, 1.54) is 29.2 Å². The Bertz CT molecular complexity index is 1460. The van der Waals surface area contributed by atoms with Crippen LogP contribution in [0.3, 0.4) is 0 Å². The van der Waals surface area contributed by atoms with Crippen molar-refractivity contribution < 1.29 is 28.8 Å². The number of nitro groups is 1. The molecule has 11 nitrogen and oxygen atoms in total. The normalized spacial score (nSPS) is 13.0. The van der Waals surface area contributed by atoms with Gasteiger partial charge in [-0.05, 0) is 61.0 Å². The average molecular weight is 563 g/mol. The van der Waals surface area contributed by atoms with Crippen molar-refractivity contribution in [3.8, 4) is 5.75 Å². The van der Waals surface area contributed by atoms with Crippen LogP contribution in [0.25, 0.3) is 0 Å². The fourth-order valence-corrected chi connectivity index (χ4v) is 4.85. The maximum Gasteiger partial charge on any atom is 0.278 e. The summed E-state index contributed by atoms with van der Waals surface area (Å²) in [5.74, 6) is -0.671. The Morgan fingerprint density at radius 1 is 0.975 bits per heavy atom. The molecule has 0 fully saturated rings. The van der Waals surface area contributed by atoms with Crippen molar-refractivity contribution in [2.75, 3.05) is 38.0 Å². The molecule has 0 unspecified atom stereocenters. The SMILES string of the molecule is COCCCN1C(=O)C(Nc2ccc(OC)cc2)=C(Sc2cccc(NC(=O)c3ccc([N+](=O)[O-])cc3)c2)C1=O. The Labute approximate surface area is 234 Å². The quantitative estimate of drug-likeness (QED) is 0.139. The molecule has 0 aliphatic carbocycles. The molecule has 0 saturated carbocycles. The molecule has 0 radical (unpaired) electrons. The second-order valence-electron chi connectivity index (χ2n) is 8.55. The molecule has 3 aromatic rings. The molecule has 4 rings (SSSR count). The topological polar surface area (TPSA) is 140 Å². The van der Waals surface area contributed by atoms with Gasteiger partial charge in [-0.25, -0.2) is 0 Å². The van der Waals surface area contributed by atoms with Crippen molar-refractivity contribution >= 4 is 46.5 Å². The Kier molecular flexibility index (Phi) is 9.15. The summed E-state index contributed by atoms with van der Waals surface area (Å²) in [5, 5.41) is 16.7. The number of thioether (sulfide) groups is 1. The summed E-state index contributed by atoms with van der Waals surface area (Å²) in [4.78, 5) is 51.7. The lowest BCUT2D eigenvalue weighted by Crippen LogP contribution is -2.33. The fourth-order valence-electron chi connectivity index (χ4n) is 3.84. The Morgan fingerprint density at radius 2 is 1.70 bits per heavy atom. The van der Waals surface area contributed by atoms with Gasteiger partial charge in [-0.2, -0.15) is 0 Å². The summed E-state index contributed by atoms with van der Waals surface area (Å²) in [5.41, 5.74) is 1.35. The van der Waals surface area contributed by atoms with Crippen LogP contribution in [0.2, 0.25) is 0 Å². The summed E-state index contributed by atoms with van der Waals surface area (Å²) >= 11 is 1.11. The summed E-state index contributed by atoms with van der Waals surface area (Å²) in [6.45, 7) is 0.603. The number of methoxy groups -OCH3 is 2. The molecule has 0 atom stereocenters. The van der Waals surface area contributed by atoms with Crippen LogP contribution in [0.15, 0.2) is 88.3 Å². The second kappa shape index (κ2) is 12.9. The highest BCUT2D eigenvalue weighted by Crippen LogP contribution is 2.37. The molecule has 2 N–H and O–H groups in total. The maximum absolute atomic E-state index is 13.3. The van der Waals surface area contributed by atoms with Crippen LogP contribution in [0.1, 0.15) is 16.8 Å². The van der Waals surface area contributed by atoms with Crippen molar-refractivity contribution in [2.45, 2.75) is 11.3 Å². The van der Waals surface area contributed by atoms with Gasteiger partial charge in [0.2, 0.25) is 0 Å². The largest absolute Gasteiger partial charge is 0.497 e. The van der Waals surface area contributed by atoms with E-state index in [9.17, 15) is 24.5 Å². The van der Waals surface area contributed by atoms with Gasteiger partial charge in [-0.1, -0.05) is 17.8 Å². The second-order valence-corrected chi connectivity index (χ2v) is 9.64. The van der Waals surface area contributed by atoms with Gasteiger partial charge < -0.3 is 20.1 Å². The molecular weight excluding hydrogens is 536 g/mol. The van der Waals surface area contributed by atoms with Gasteiger partial charge >= 0.3 is 0 Å². The molecule has 12 heteroatoms.